The van der Waals surface area contributed by atoms with E-state index in [4.69, 9.17) is 0 Å². The van der Waals surface area contributed by atoms with Crippen LogP contribution >= 0.6 is 7.37 Å². The summed E-state index contributed by atoms with van der Waals surface area (Å²) in [6, 6.07) is 8.32. The zero-order valence-electron chi connectivity index (χ0n) is 9.20. The van der Waals surface area contributed by atoms with Crippen LogP contribution in [0.1, 0.15) is 0 Å². The van der Waals surface area contributed by atoms with Crippen LogP contribution in [-0.4, -0.2) is 9.55 Å². The van der Waals surface area contributed by atoms with Gasteiger partial charge in [-0.15, -0.1) is 0 Å². The third-order valence-corrected chi connectivity index (χ3v) is 4.09. The summed E-state index contributed by atoms with van der Waals surface area (Å²) in [5.41, 5.74) is 0.0914. The molecule has 1 aromatic carbocycles. The first kappa shape index (κ1) is 13.7. The van der Waals surface area contributed by atoms with Crippen LogP contribution in [0.4, 0.5) is 0 Å². The van der Waals surface area contributed by atoms with Gasteiger partial charge in [0.2, 0.25) is 0 Å². The van der Waals surface area contributed by atoms with Crippen molar-refractivity contribution in [1.29, 1.82) is 0 Å². The van der Waals surface area contributed by atoms with Crippen LogP contribution < -0.4 is 45.3 Å². The topological polar surface area (TPSA) is 58.0 Å². The van der Waals surface area contributed by atoms with Gasteiger partial charge in [-0.1, -0.05) is 30.3 Å². The van der Waals surface area contributed by atoms with E-state index in [-0.39, 0.29) is 35.1 Å². The number of aromatic nitrogens is 2. The van der Waals surface area contributed by atoms with E-state index in [0.717, 1.165) is 0 Å². The summed E-state index contributed by atoms with van der Waals surface area (Å²) in [5.74, 6) is 0. The van der Waals surface area contributed by atoms with Crippen molar-refractivity contribution in [1.82, 2.24) is 9.55 Å². The number of rotatable bonds is 2. The summed E-state index contributed by atoms with van der Waals surface area (Å²) >= 11 is 0. The van der Waals surface area contributed by atoms with Crippen molar-refractivity contribution < 1.29 is 39.0 Å². The van der Waals surface area contributed by atoms with Gasteiger partial charge >= 0.3 is 29.6 Å². The molecule has 0 fully saturated rings. The molecule has 0 aliphatic heterocycles. The monoisotopic (exact) mass is 244 g/mol. The molecule has 0 saturated carbocycles. The molecular weight excluding hydrogens is 234 g/mol. The maximum Gasteiger partial charge on any atom is 1.00 e. The van der Waals surface area contributed by atoms with Crippen LogP contribution in [0, 0.1) is 0 Å². The van der Waals surface area contributed by atoms with Crippen molar-refractivity contribution in [2.24, 2.45) is 7.05 Å². The van der Waals surface area contributed by atoms with E-state index in [2.05, 4.69) is 4.98 Å². The predicted octanol–water partition coefficient (Wildman–Crippen LogP) is -2.99. The summed E-state index contributed by atoms with van der Waals surface area (Å²) in [7, 11) is -2.12. The number of benzene rings is 1. The van der Waals surface area contributed by atoms with Crippen LogP contribution in [0.2, 0.25) is 0 Å². The molecule has 2 rings (SSSR count). The van der Waals surface area contributed by atoms with E-state index in [9.17, 15) is 9.46 Å². The summed E-state index contributed by atoms with van der Waals surface area (Å²) in [6.07, 6.45) is 3.09. The minimum atomic E-state index is -3.79. The van der Waals surface area contributed by atoms with Crippen LogP contribution in [0.25, 0.3) is 0 Å². The van der Waals surface area contributed by atoms with E-state index < -0.39 is 7.37 Å². The molecule has 0 aliphatic rings. The molecule has 0 aliphatic carbocycles. The van der Waals surface area contributed by atoms with Crippen LogP contribution in [0.3, 0.4) is 0 Å². The van der Waals surface area contributed by atoms with E-state index >= 15 is 0 Å². The Labute approximate surface area is 116 Å². The van der Waals surface area contributed by atoms with Gasteiger partial charge in [0.1, 0.15) is 7.37 Å². The van der Waals surface area contributed by atoms with Crippen molar-refractivity contribution in [3.8, 4) is 0 Å². The zero-order valence-corrected chi connectivity index (χ0v) is 12.1. The van der Waals surface area contributed by atoms with E-state index in [1.54, 1.807) is 43.6 Å². The zero-order chi connectivity index (χ0) is 10.9. The fourth-order valence-corrected chi connectivity index (χ4v) is 2.88. The number of aryl methyl sites for hydroxylation is 1. The minimum Gasteiger partial charge on any atom is -0.790 e. The van der Waals surface area contributed by atoms with Crippen molar-refractivity contribution in [3.05, 3.63) is 42.7 Å². The first-order valence-electron chi connectivity index (χ1n) is 4.47. The smallest absolute Gasteiger partial charge is 0.790 e. The molecule has 4 nitrogen and oxygen atoms in total. The Morgan fingerprint density at radius 3 is 2.44 bits per heavy atom. The molecule has 0 spiro atoms. The molecule has 6 heteroatoms. The SMILES string of the molecule is Cn1ccnc1P(=O)([O-])c1ccccc1.[Na+]. The second-order valence-corrected chi connectivity index (χ2v) is 5.24. The summed E-state index contributed by atoms with van der Waals surface area (Å²) in [4.78, 5) is 15.9. The van der Waals surface area contributed by atoms with Gasteiger partial charge in [-0.3, -0.25) is 0 Å². The molecule has 1 unspecified atom stereocenters. The van der Waals surface area contributed by atoms with Gasteiger partial charge in [0.05, 0.1) is 0 Å². The van der Waals surface area contributed by atoms with E-state index in [1.807, 2.05) is 0 Å². The average Bonchev–Trinajstić information content (AvgIpc) is 2.66. The Morgan fingerprint density at radius 2 is 1.94 bits per heavy atom. The van der Waals surface area contributed by atoms with Crippen molar-refractivity contribution in [2.45, 2.75) is 0 Å². The largest absolute Gasteiger partial charge is 1.00 e. The van der Waals surface area contributed by atoms with E-state index in [0.29, 0.717) is 5.30 Å². The number of hydrogen-bond donors (Lipinski definition) is 0. The Kier molecular flexibility index (Phi) is 4.53. The molecule has 78 valence electrons. The summed E-state index contributed by atoms with van der Waals surface area (Å²) in [6.45, 7) is 0. The second kappa shape index (κ2) is 5.30. The maximum atomic E-state index is 12.1. The quantitative estimate of drug-likeness (QED) is 0.418. The predicted molar refractivity (Wildman–Crippen MR) is 56.5 cm³/mol. The molecular formula is C10H10N2NaO2P. The molecule has 0 bridgehead atoms. The van der Waals surface area contributed by atoms with Crippen LogP contribution in [0.5, 0.6) is 0 Å². The van der Waals surface area contributed by atoms with Gasteiger partial charge < -0.3 is 14.0 Å². The van der Waals surface area contributed by atoms with Crippen molar-refractivity contribution in [2.75, 3.05) is 0 Å². The fraction of sp³-hybridized carbons (Fsp3) is 0.100. The summed E-state index contributed by atoms with van der Waals surface area (Å²) in [5, 5.41) is 0.291. The molecule has 1 aromatic heterocycles. The number of nitrogens with zero attached hydrogens (tertiary/aromatic N) is 2. The Bertz CT molecular complexity index is 513. The first-order chi connectivity index (χ1) is 7.12. The Hall–Kier alpha value is -0.380. The molecule has 16 heavy (non-hydrogen) atoms. The third kappa shape index (κ3) is 2.47. The maximum absolute atomic E-state index is 12.1. The number of imidazole rings is 1. The van der Waals surface area contributed by atoms with Crippen molar-refractivity contribution >= 4 is 18.2 Å². The Balaban J connectivity index is 0.00000128. The molecule has 0 radical (unpaired) electrons. The molecule has 2 aromatic rings. The molecule has 0 saturated heterocycles. The third-order valence-electron chi connectivity index (χ3n) is 2.16. The standard InChI is InChI=1S/C10H11N2O2P.Na/c1-12-8-7-11-10(12)15(13,14)9-5-3-2-4-6-9;/h2-8H,1H3,(H,13,14);/q;+1/p-1. The Morgan fingerprint density at radius 1 is 1.31 bits per heavy atom. The van der Waals surface area contributed by atoms with Crippen molar-refractivity contribution in [3.63, 3.8) is 0 Å². The van der Waals surface area contributed by atoms with Gasteiger partial charge in [0.25, 0.3) is 0 Å². The average molecular weight is 244 g/mol. The van der Waals surface area contributed by atoms with Crippen LogP contribution in [0.15, 0.2) is 42.7 Å². The minimum absolute atomic E-state index is 0. The molecule has 1 heterocycles. The molecule has 0 N–H and O–H groups in total. The first-order valence-corrected chi connectivity index (χ1v) is 6.09. The van der Waals surface area contributed by atoms with Gasteiger partial charge in [0, 0.05) is 24.7 Å². The molecule has 0 amide bonds. The molecule has 1 atom stereocenters. The van der Waals surface area contributed by atoms with Crippen LogP contribution in [-0.2, 0) is 11.6 Å². The van der Waals surface area contributed by atoms with Gasteiger partial charge in [-0.25, -0.2) is 4.98 Å². The van der Waals surface area contributed by atoms with Gasteiger partial charge in [-0.05, 0) is 0 Å². The van der Waals surface area contributed by atoms with Gasteiger partial charge in [0.15, 0.2) is 5.57 Å². The van der Waals surface area contributed by atoms with E-state index in [1.165, 1.54) is 10.8 Å². The summed E-state index contributed by atoms with van der Waals surface area (Å²) < 4.78 is 13.6. The fourth-order valence-electron chi connectivity index (χ4n) is 1.38. The van der Waals surface area contributed by atoms with Gasteiger partial charge in [-0.2, -0.15) is 0 Å². The normalized spacial score (nSPS) is 13.9. The second-order valence-electron chi connectivity index (χ2n) is 3.23. The number of hydrogen-bond acceptors (Lipinski definition) is 3.